The predicted octanol–water partition coefficient (Wildman–Crippen LogP) is 3.83. The zero-order chi connectivity index (χ0) is 14.1. The lowest BCUT2D eigenvalue weighted by Gasteiger charge is -2.13. The zero-order valence-electron chi connectivity index (χ0n) is 12.3. The predicted molar refractivity (Wildman–Crippen MR) is 78.0 cm³/mol. The lowest BCUT2D eigenvalue weighted by molar-refractivity contribution is -0.0756. The van der Waals surface area contributed by atoms with Crippen molar-refractivity contribution in [2.75, 3.05) is 14.2 Å². The van der Waals surface area contributed by atoms with Crippen LogP contribution in [0.25, 0.3) is 0 Å². The topological polar surface area (TPSA) is 29.5 Å². The number of carbonyl (C=O) groups excluding carboxylic acids is 1. The van der Waals surface area contributed by atoms with E-state index in [1.165, 1.54) is 49.8 Å². The van der Waals surface area contributed by atoms with Gasteiger partial charge in [-0.05, 0) is 30.5 Å². The van der Waals surface area contributed by atoms with Crippen LogP contribution in [0.5, 0.6) is 0 Å². The molecule has 1 amide bonds. The van der Waals surface area contributed by atoms with Gasteiger partial charge in [-0.2, -0.15) is 0 Å². The second-order valence-corrected chi connectivity index (χ2v) is 4.85. The number of benzene rings is 1. The molecule has 1 rings (SSSR count). The van der Waals surface area contributed by atoms with Crippen LogP contribution < -0.4 is 0 Å². The SMILES string of the molecule is CCCCCCCc1ccc(C(=O)N(C)OC)cc1. The summed E-state index contributed by atoms with van der Waals surface area (Å²) in [6, 6.07) is 7.82. The molecular formula is C16H25NO2. The third kappa shape index (κ3) is 5.43. The van der Waals surface area contributed by atoms with Crippen molar-refractivity contribution in [2.45, 2.75) is 45.4 Å². The highest BCUT2D eigenvalue weighted by Crippen LogP contribution is 2.11. The minimum Gasteiger partial charge on any atom is -0.274 e. The molecule has 106 valence electrons. The van der Waals surface area contributed by atoms with Gasteiger partial charge in [-0.15, -0.1) is 0 Å². The molecule has 3 heteroatoms. The van der Waals surface area contributed by atoms with E-state index in [0.29, 0.717) is 5.56 Å². The number of hydroxylamine groups is 2. The van der Waals surface area contributed by atoms with Gasteiger partial charge in [-0.25, -0.2) is 5.06 Å². The van der Waals surface area contributed by atoms with Gasteiger partial charge in [-0.3, -0.25) is 9.63 Å². The summed E-state index contributed by atoms with van der Waals surface area (Å²) >= 11 is 0. The van der Waals surface area contributed by atoms with E-state index in [-0.39, 0.29) is 5.91 Å². The lowest BCUT2D eigenvalue weighted by atomic mass is 10.0. The summed E-state index contributed by atoms with van der Waals surface area (Å²) in [4.78, 5) is 16.7. The Morgan fingerprint density at radius 1 is 1.11 bits per heavy atom. The molecule has 19 heavy (non-hydrogen) atoms. The number of amides is 1. The van der Waals surface area contributed by atoms with Crippen molar-refractivity contribution in [2.24, 2.45) is 0 Å². The van der Waals surface area contributed by atoms with E-state index in [9.17, 15) is 4.79 Å². The second kappa shape index (κ2) is 8.70. The van der Waals surface area contributed by atoms with E-state index in [4.69, 9.17) is 4.84 Å². The van der Waals surface area contributed by atoms with Crippen molar-refractivity contribution in [3.8, 4) is 0 Å². The first-order valence-corrected chi connectivity index (χ1v) is 7.10. The molecule has 0 radical (unpaired) electrons. The van der Waals surface area contributed by atoms with E-state index in [1.807, 2.05) is 24.3 Å². The minimum atomic E-state index is -0.114. The van der Waals surface area contributed by atoms with Crippen molar-refractivity contribution in [1.82, 2.24) is 5.06 Å². The van der Waals surface area contributed by atoms with Crippen LogP contribution in [0.4, 0.5) is 0 Å². The highest BCUT2D eigenvalue weighted by molar-refractivity contribution is 5.93. The molecule has 0 saturated heterocycles. The molecule has 0 unspecified atom stereocenters. The van der Waals surface area contributed by atoms with Crippen LogP contribution >= 0.6 is 0 Å². The Labute approximate surface area is 116 Å². The number of hydrogen-bond donors (Lipinski definition) is 0. The first-order valence-electron chi connectivity index (χ1n) is 7.10. The van der Waals surface area contributed by atoms with Crippen LogP contribution in [-0.2, 0) is 11.3 Å². The Balaban J connectivity index is 2.41. The van der Waals surface area contributed by atoms with Gasteiger partial charge in [0.05, 0.1) is 7.11 Å². The molecule has 0 atom stereocenters. The Hall–Kier alpha value is -1.35. The Bertz CT molecular complexity index is 373. The van der Waals surface area contributed by atoms with Gasteiger partial charge in [0.1, 0.15) is 0 Å². The van der Waals surface area contributed by atoms with Crippen molar-refractivity contribution >= 4 is 5.91 Å². The first-order chi connectivity index (χ1) is 9.19. The molecule has 0 aliphatic carbocycles. The van der Waals surface area contributed by atoms with Crippen LogP contribution in [0.2, 0.25) is 0 Å². The summed E-state index contributed by atoms with van der Waals surface area (Å²) in [5.41, 5.74) is 1.97. The summed E-state index contributed by atoms with van der Waals surface area (Å²) in [7, 11) is 3.10. The number of hydrogen-bond acceptors (Lipinski definition) is 2. The number of aryl methyl sites for hydroxylation is 1. The van der Waals surface area contributed by atoms with Gasteiger partial charge in [0.2, 0.25) is 0 Å². The smallest absolute Gasteiger partial charge is 0.274 e. The maximum absolute atomic E-state index is 11.8. The van der Waals surface area contributed by atoms with Gasteiger partial charge in [0.15, 0.2) is 0 Å². The highest BCUT2D eigenvalue weighted by Gasteiger charge is 2.10. The van der Waals surface area contributed by atoms with Gasteiger partial charge in [-0.1, -0.05) is 44.7 Å². The first kappa shape index (κ1) is 15.7. The molecule has 0 fully saturated rings. The Morgan fingerprint density at radius 2 is 1.74 bits per heavy atom. The Morgan fingerprint density at radius 3 is 2.32 bits per heavy atom. The standard InChI is InChI=1S/C16H25NO2/c1-4-5-6-7-8-9-14-10-12-15(13-11-14)16(18)17(2)19-3/h10-13H,4-9H2,1-3H3. The van der Waals surface area contributed by atoms with Gasteiger partial charge >= 0.3 is 0 Å². The largest absolute Gasteiger partial charge is 0.277 e. The second-order valence-electron chi connectivity index (χ2n) is 4.85. The maximum atomic E-state index is 11.8. The number of carbonyl (C=O) groups is 1. The Kier molecular flexibility index (Phi) is 7.19. The molecule has 3 nitrogen and oxygen atoms in total. The average Bonchev–Trinajstić information content (AvgIpc) is 2.46. The molecule has 1 aromatic carbocycles. The van der Waals surface area contributed by atoms with Crippen LogP contribution in [0, 0.1) is 0 Å². The summed E-state index contributed by atoms with van der Waals surface area (Å²) in [6.45, 7) is 2.23. The lowest BCUT2D eigenvalue weighted by Crippen LogP contribution is -2.25. The minimum absolute atomic E-state index is 0.114. The summed E-state index contributed by atoms with van der Waals surface area (Å²) in [5, 5.41) is 1.24. The quantitative estimate of drug-likeness (QED) is 0.527. The summed E-state index contributed by atoms with van der Waals surface area (Å²) in [6.07, 6.45) is 7.55. The van der Waals surface area contributed by atoms with Crippen molar-refractivity contribution in [1.29, 1.82) is 0 Å². The third-order valence-electron chi connectivity index (χ3n) is 3.33. The summed E-state index contributed by atoms with van der Waals surface area (Å²) < 4.78 is 0. The van der Waals surface area contributed by atoms with Crippen molar-refractivity contribution in [3.05, 3.63) is 35.4 Å². The number of nitrogens with zero attached hydrogens (tertiary/aromatic N) is 1. The van der Waals surface area contributed by atoms with E-state index >= 15 is 0 Å². The number of unbranched alkanes of at least 4 members (excludes halogenated alkanes) is 4. The van der Waals surface area contributed by atoms with E-state index in [2.05, 4.69) is 6.92 Å². The van der Waals surface area contributed by atoms with Crippen LogP contribution in [-0.4, -0.2) is 25.1 Å². The van der Waals surface area contributed by atoms with E-state index < -0.39 is 0 Å². The molecule has 0 aromatic heterocycles. The fourth-order valence-electron chi connectivity index (χ4n) is 2.01. The fraction of sp³-hybridized carbons (Fsp3) is 0.562. The van der Waals surface area contributed by atoms with E-state index in [1.54, 1.807) is 7.05 Å². The molecule has 0 aliphatic heterocycles. The number of rotatable bonds is 8. The molecule has 0 spiro atoms. The maximum Gasteiger partial charge on any atom is 0.277 e. The van der Waals surface area contributed by atoms with Crippen molar-refractivity contribution in [3.63, 3.8) is 0 Å². The van der Waals surface area contributed by atoms with Crippen LogP contribution in [0.15, 0.2) is 24.3 Å². The molecule has 0 N–H and O–H groups in total. The monoisotopic (exact) mass is 263 g/mol. The van der Waals surface area contributed by atoms with Gasteiger partial charge in [0.25, 0.3) is 5.91 Å². The zero-order valence-corrected chi connectivity index (χ0v) is 12.3. The highest BCUT2D eigenvalue weighted by atomic mass is 16.7. The fourth-order valence-corrected chi connectivity index (χ4v) is 2.01. The van der Waals surface area contributed by atoms with E-state index in [0.717, 1.165) is 6.42 Å². The van der Waals surface area contributed by atoms with Crippen LogP contribution in [0.3, 0.4) is 0 Å². The molecule has 0 bridgehead atoms. The van der Waals surface area contributed by atoms with Crippen molar-refractivity contribution < 1.29 is 9.63 Å². The molecular weight excluding hydrogens is 238 g/mol. The summed E-state index contributed by atoms with van der Waals surface area (Å²) in [5.74, 6) is -0.114. The average molecular weight is 263 g/mol. The van der Waals surface area contributed by atoms with Gasteiger partial charge in [0, 0.05) is 12.6 Å². The third-order valence-corrected chi connectivity index (χ3v) is 3.33. The molecule has 1 aromatic rings. The van der Waals surface area contributed by atoms with Crippen LogP contribution in [0.1, 0.15) is 54.9 Å². The molecule has 0 saturated carbocycles. The molecule has 0 heterocycles. The molecule has 0 aliphatic rings. The van der Waals surface area contributed by atoms with Gasteiger partial charge < -0.3 is 0 Å². The normalized spacial score (nSPS) is 10.5.